The Morgan fingerprint density at radius 2 is 1.82 bits per heavy atom. The lowest BCUT2D eigenvalue weighted by Gasteiger charge is -2.68. The SMILES string of the molecule is C=C1[C@H]2CC[C@]3(O)[C@@](CCC4C(C)(C(=O)O)CCC[C@]43C)(C2)[C@H]1OC(=O)/C=C/c1ccccc1. The Bertz CT molecular complexity index is 1050. The quantitative estimate of drug-likeness (QED) is 0.355. The fourth-order valence-electron chi connectivity index (χ4n) is 8.58. The van der Waals surface area contributed by atoms with Gasteiger partial charge in [-0.3, -0.25) is 4.79 Å². The second kappa shape index (κ2) is 7.81. The number of carboxylic acids is 1. The molecule has 2 N–H and O–H groups in total. The molecule has 0 saturated heterocycles. The maximum atomic E-state index is 12.9. The fourth-order valence-corrected chi connectivity index (χ4v) is 8.58. The molecule has 1 spiro atoms. The van der Waals surface area contributed by atoms with Crippen molar-refractivity contribution < 1.29 is 24.5 Å². The molecule has 1 aromatic rings. The monoisotopic (exact) mass is 464 g/mol. The molecule has 0 heterocycles. The third-order valence-corrected chi connectivity index (χ3v) is 10.3. The zero-order chi connectivity index (χ0) is 24.4. The first-order valence-corrected chi connectivity index (χ1v) is 12.7. The van der Waals surface area contributed by atoms with Gasteiger partial charge in [-0.2, -0.15) is 0 Å². The summed E-state index contributed by atoms with van der Waals surface area (Å²) in [5.41, 5.74) is -1.26. The molecule has 2 bridgehead atoms. The van der Waals surface area contributed by atoms with Crippen molar-refractivity contribution >= 4 is 18.0 Å². The van der Waals surface area contributed by atoms with Crippen molar-refractivity contribution in [3.63, 3.8) is 0 Å². The Balaban J connectivity index is 1.49. The van der Waals surface area contributed by atoms with Crippen LogP contribution in [0.2, 0.25) is 0 Å². The summed E-state index contributed by atoms with van der Waals surface area (Å²) in [5.74, 6) is -1.07. The molecule has 4 aliphatic carbocycles. The van der Waals surface area contributed by atoms with Crippen LogP contribution >= 0.6 is 0 Å². The lowest BCUT2D eigenvalue weighted by molar-refractivity contribution is -0.278. The molecule has 0 aromatic heterocycles. The van der Waals surface area contributed by atoms with Crippen LogP contribution in [0.25, 0.3) is 6.08 Å². The average Bonchev–Trinajstić information content (AvgIpc) is 3.03. The summed E-state index contributed by atoms with van der Waals surface area (Å²) in [6, 6.07) is 9.61. The molecule has 0 aliphatic heterocycles. The number of aliphatic carboxylic acids is 1. The van der Waals surface area contributed by atoms with Crippen molar-refractivity contribution in [3.05, 3.63) is 54.1 Å². The van der Waals surface area contributed by atoms with E-state index in [4.69, 9.17) is 4.74 Å². The standard InChI is InChI=1S/C29H36O5/c1-19-21-12-17-29(33)27(3)15-7-14-26(2,25(31)32)22(27)13-16-28(29,18-21)24(19)34-23(30)11-10-20-8-5-4-6-9-20/h4-6,8-11,21-22,24,33H,1,7,12-18H2,2-3H3,(H,31,32)/b11-10+/t21-,22?,24-,26?,27+,28-,29+/m0/s1. The molecule has 2 unspecified atom stereocenters. The third kappa shape index (κ3) is 3.02. The summed E-state index contributed by atoms with van der Waals surface area (Å²) in [6.07, 6.45) is 8.41. The topological polar surface area (TPSA) is 83.8 Å². The molecule has 4 aliphatic rings. The van der Waals surface area contributed by atoms with Gasteiger partial charge in [-0.15, -0.1) is 0 Å². The van der Waals surface area contributed by atoms with Crippen molar-refractivity contribution in [2.45, 2.75) is 76.9 Å². The van der Waals surface area contributed by atoms with E-state index < -0.39 is 39.9 Å². The maximum absolute atomic E-state index is 12.9. The molecule has 4 saturated carbocycles. The minimum Gasteiger partial charge on any atom is -0.481 e. The Hall–Kier alpha value is -2.40. The largest absolute Gasteiger partial charge is 0.481 e. The summed E-state index contributed by atoms with van der Waals surface area (Å²) >= 11 is 0. The van der Waals surface area contributed by atoms with E-state index in [1.807, 2.05) is 37.3 Å². The van der Waals surface area contributed by atoms with E-state index in [-0.39, 0.29) is 11.8 Å². The lowest BCUT2D eigenvalue weighted by atomic mass is 9.38. The van der Waals surface area contributed by atoms with Crippen LogP contribution < -0.4 is 0 Å². The van der Waals surface area contributed by atoms with Gasteiger partial charge >= 0.3 is 11.9 Å². The summed E-state index contributed by atoms with van der Waals surface area (Å²) in [7, 11) is 0. The van der Waals surface area contributed by atoms with Crippen molar-refractivity contribution in [2.75, 3.05) is 0 Å². The van der Waals surface area contributed by atoms with Crippen LogP contribution in [-0.2, 0) is 14.3 Å². The second-order valence-electron chi connectivity index (χ2n) is 11.7. The molecule has 1 aromatic carbocycles. The smallest absolute Gasteiger partial charge is 0.331 e. The summed E-state index contributed by atoms with van der Waals surface area (Å²) in [5, 5.41) is 22.8. The van der Waals surface area contributed by atoms with E-state index in [9.17, 15) is 19.8 Å². The highest BCUT2D eigenvalue weighted by molar-refractivity contribution is 5.87. The summed E-state index contributed by atoms with van der Waals surface area (Å²) < 4.78 is 6.11. The highest BCUT2D eigenvalue weighted by Crippen LogP contribution is 2.74. The van der Waals surface area contributed by atoms with Crippen LogP contribution in [-0.4, -0.2) is 33.9 Å². The highest BCUT2D eigenvalue weighted by atomic mass is 16.5. The Morgan fingerprint density at radius 1 is 1.09 bits per heavy atom. The van der Waals surface area contributed by atoms with Crippen molar-refractivity contribution in [1.29, 1.82) is 0 Å². The van der Waals surface area contributed by atoms with Crippen molar-refractivity contribution in [2.24, 2.45) is 28.1 Å². The minimum absolute atomic E-state index is 0.110. The van der Waals surface area contributed by atoms with Crippen molar-refractivity contribution in [3.8, 4) is 0 Å². The summed E-state index contributed by atoms with van der Waals surface area (Å²) in [6.45, 7) is 8.31. The van der Waals surface area contributed by atoms with E-state index in [0.29, 0.717) is 19.3 Å². The number of ether oxygens (including phenoxy) is 1. The van der Waals surface area contributed by atoms with Crippen LogP contribution in [0.3, 0.4) is 0 Å². The molecular formula is C29H36O5. The van der Waals surface area contributed by atoms with Crippen molar-refractivity contribution in [1.82, 2.24) is 0 Å². The molecule has 182 valence electrons. The number of esters is 1. The number of fused-ring (bicyclic) bond motifs is 3. The van der Waals surface area contributed by atoms with E-state index in [0.717, 1.165) is 43.2 Å². The zero-order valence-corrected chi connectivity index (χ0v) is 20.3. The van der Waals surface area contributed by atoms with Gasteiger partial charge in [0.1, 0.15) is 6.10 Å². The molecule has 5 rings (SSSR count). The summed E-state index contributed by atoms with van der Waals surface area (Å²) in [4.78, 5) is 25.3. The first-order chi connectivity index (χ1) is 16.1. The maximum Gasteiger partial charge on any atom is 0.331 e. The van der Waals surface area contributed by atoms with E-state index in [1.54, 1.807) is 6.08 Å². The molecule has 4 fully saturated rings. The van der Waals surface area contributed by atoms with Gasteiger partial charge in [-0.05, 0) is 80.9 Å². The molecule has 0 radical (unpaired) electrons. The first kappa shape index (κ1) is 23.3. The molecule has 34 heavy (non-hydrogen) atoms. The Morgan fingerprint density at radius 3 is 2.53 bits per heavy atom. The van der Waals surface area contributed by atoms with Gasteiger partial charge in [0, 0.05) is 16.9 Å². The Labute approximate surface area is 201 Å². The highest BCUT2D eigenvalue weighted by Gasteiger charge is 2.75. The Kier molecular flexibility index (Phi) is 5.36. The van der Waals surface area contributed by atoms with Crippen LogP contribution in [0.4, 0.5) is 0 Å². The number of carbonyl (C=O) groups excluding carboxylic acids is 1. The second-order valence-corrected chi connectivity index (χ2v) is 11.7. The molecule has 5 heteroatoms. The zero-order valence-electron chi connectivity index (χ0n) is 20.3. The molecular weight excluding hydrogens is 428 g/mol. The predicted molar refractivity (Wildman–Crippen MR) is 130 cm³/mol. The van der Waals surface area contributed by atoms with E-state index in [2.05, 4.69) is 13.5 Å². The number of benzene rings is 1. The number of aliphatic hydroxyl groups is 1. The van der Waals surface area contributed by atoms with E-state index >= 15 is 0 Å². The first-order valence-electron chi connectivity index (χ1n) is 12.7. The number of hydrogen-bond donors (Lipinski definition) is 2. The normalized spacial score (nSPS) is 43.3. The number of carboxylic acid groups (broad SMARTS) is 1. The number of hydrogen-bond acceptors (Lipinski definition) is 4. The van der Waals surface area contributed by atoms with Crippen LogP contribution in [0.5, 0.6) is 0 Å². The predicted octanol–water partition coefficient (Wildman–Crippen LogP) is 5.39. The van der Waals surface area contributed by atoms with Crippen LogP contribution in [0, 0.1) is 28.1 Å². The third-order valence-electron chi connectivity index (χ3n) is 10.3. The van der Waals surface area contributed by atoms with Gasteiger partial charge in [0.2, 0.25) is 0 Å². The lowest BCUT2D eigenvalue weighted by Crippen LogP contribution is -2.71. The number of rotatable bonds is 4. The van der Waals surface area contributed by atoms with Gasteiger partial charge in [0.15, 0.2) is 0 Å². The van der Waals surface area contributed by atoms with Crippen LogP contribution in [0.1, 0.15) is 70.8 Å². The van der Waals surface area contributed by atoms with Gasteiger partial charge < -0.3 is 14.9 Å². The molecule has 7 atom stereocenters. The minimum atomic E-state index is -1.09. The van der Waals surface area contributed by atoms with Gasteiger partial charge in [-0.25, -0.2) is 4.79 Å². The van der Waals surface area contributed by atoms with Gasteiger partial charge in [-0.1, -0.05) is 50.3 Å². The average molecular weight is 465 g/mol. The molecule has 0 amide bonds. The van der Waals surface area contributed by atoms with Gasteiger partial charge in [0.05, 0.1) is 11.0 Å². The van der Waals surface area contributed by atoms with Gasteiger partial charge in [0.25, 0.3) is 0 Å². The number of carbonyl (C=O) groups is 2. The molecule has 5 nitrogen and oxygen atoms in total. The van der Waals surface area contributed by atoms with Crippen LogP contribution in [0.15, 0.2) is 48.6 Å². The fraction of sp³-hybridized carbons (Fsp3) is 0.586. The van der Waals surface area contributed by atoms with E-state index in [1.165, 1.54) is 6.08 Å².